The van der Waals surface area contributed by atoms with E-state index in [-0.39, 0.29) is 5.82 Å². The average Bonchev–Trinajstić information content (AvgIpc) is 2.56. The molecular formula is C15H12F3N5. The van der Waals surface area contributed by atoms with Crippen LogP contribution >= 0.6 is 0 Å². The molecule has 0 bridgehead atoms. The first-order chi connectivity index (χ1) is 11.0. The van der Waals surface area contributed by atoms with Gasteiger partial charge in [0, 0.05) is 31.2 Å². The maximum absolute atomic E-state index is 12.6. The molecule has 0 radical (unpaired) electrons. The molecule has 5 nitrogen and oxygen atoms in total. The second-order valence-corrected chi connectivity index (χ2v) is 4.79. The number of aromatic nitrogens is 3. The minimum atomic E-state index is -4.41. The number of dihydropyridines is 1. The molecule has 1 N–H and O–H groups in total. The highest BCUT2D eigenvalue weighted by molar-refractivity contribution is 5.84. The molecule has 3 rings (SSSR count). The van der Waals surface area contributed by atoms with Crippen molar-refractivity contribution < 1.29 is 13.2 Å². The Bertz CT molecular complexity index is 750. The van der Waals surface area contributed by atoms with Gasteiger partial charge < -0.3 is 5.32 Å². The summed E-state index contributed by atoms with van der Waals surface area (Å²) >= 11 is 0. The number of anilines is 2. The topological polar surface area (TPSA) is 63.1 Å². The van der Waals surface area contributed by atoms with E-state index in [0.29, 0.717) is 24.5 Å². The molecule has 2 aromatic rings. The summed E-state index contributed by atoms with van der Waals surface area (Å²) in [5, 5.41) is 2.91. The van der Waals surface area contributed by atoms with Gasteiger partial charge in [0.1, 0.15) is 11.5 Å². The summed E-state index contributed by atoms with van der Waals surface area (Å²) in [4.78, 5) is 16.4. The van der Waals surface area contributed by atoms with Gasteiger partial charge in [-0.05, 0) is 17.7 Å². The molecule has 2 aromatic heterocycles. The third-order valence-electron chi connectivity index (χ3n) is 3.22. The summed E-state index contributed by atoms with van der Waals surface area (Å²) in [7, 11) is 0. The molecule has 3 heterocycles. The zero-order chi connectivity index (χ0) is 16.3. The molecule has 0 saturated carbocycles. The number of aliphatic imine (C=N–C) groups is 1. The van der Waals surface area contributed by atoms with E-state index in [1.54, 1.807) is 12.4 Å². The van der Waals surface area contributed by atoms with Crippen LogP contribution in [0.15, 0.2) is 41.8 Å². The second kappa shape index (κ2) is 6.15. The van der Waals surface area contributed by atoms with Gasteiger partial charge in [0.25, 0.3) is 0 Å². The van der Waals surface area contributed by atoms with E-state index in [2.05, 4.69) is 25.3 Å². The number of rotatable bonds is 3. The Morgan fingerprint density at radius 2 is 1.87 bits per heavy atom. The molecule has 0 spiro atoms. The van der Waals surface area contributed by atoms with Gasteiger partial charge >= 0.3 is 6.18 Å². The van der Waals surface area contributed by atoms with Crippen LogP contribution in [0.5, 0.6) is 0 Å². The lowest BCUT2D eigenvalue weighted by Crippen LogP contribution is -2.07. The minimum absolute atomic E-state index is 0.268. The van der Waals surface area contributed by atoms with Crippen molar-refractivity contribution in [1.29, 1.82) is 0 Å². The number of hydrogen-bond acceptors (Lipinski definition) is 5. The fraction of sp³-hybridized carbons (Fsp3) is 0.200. The summed E-state index contributed by atoms with van der Waals surface area (Å²) in [6, 6.07) is 2.23. The third kappa shape index (κ3) is 3.53. The van der Waals surface area contributed by atoms with Crippen LogP contribution < -0.4 is 5.32 Å². The van der Waals surface area contributed by atoms with Gasteiger partial charge in [-0.3, -0.25) is 9.98 Å². The molecule has 0 saturated heterocycles. The number of nitrogens with zero attached hydrogens (tertiary/aromatic N) is 4. The van der Waals surface area contributed by atoms with E-state index in [9.17, 15) is 13.2 Å². The Morgan fingerprint density at radius 1 is 1.04 bits per heavy atom. The van der Waals surface area contributed by atoms with Crippen LogP contribution in [0, 0.1) is 0 Å². The van der Waals surface area contributed by atoms with Crippen molar-refractivity contribution >= 4 is 23.4 Å². The van der Waals surface area contributed by atoms with Crippen LogP contribution in [0.2, 0.25) is 0 Å². The van der Waals surface area contributed by atoms with Gasteiger partial charge in [0.2, 0.25) is 0 Å². The molecule has 0 amide bonds. The Hall–Kier alpha value is -2.77. The summed E-state index contributed by atoms with van der Waals surface area (Å²) in [6.07, 6.45) is 3.81. The highest BCUT2D eigenvalue weighted by atomic mass is 19.4. The Kier molecular flexibility index (Phi) is 4.05. The maximum atomic E-state index is 12.6. The first-order valence-electron chi connectivity index (χ1n) is 6.83. The van der Waals surface area contributed by atoms with Gasteiger partial charge in [-0.2, -0.15) is 13.2 Å². The molecule has 118 valence electrons. The predicted octanol–water partition coefficient (Wildman–Crippen LogP) is 3.49. The van der Waals surface area contributed by atoms with E-state index in [1.165, 1.54) is 12.3 Å². The normalized spacial score (nSPS) is 14.5. The van der Waals surface area contributed by atoms with E-state index in [4.69, 9.17) is 0 Å². The zero-order valence-corrected chi connectivity index (χ0v) is 11.9. The molecule has 0 atom stereocenters. The lowest BCUT2D eigenvalue weighted by Gasteiger charge is -2.13. The largest absolute Gasteiger partial charge is 0.417 e. The van der Waals surface area contributed by atoms with Crippen molar-refractivity contribution in [2.24, 2.45) is 4.99 Å². The van der Waals surface area contributed by atoms with Gasteiger partial charge in [0.05, 0.1) is 12.1 Å². The third-order valence-corrected chi connectivity index (χ3v) is 3.22. The van der Waals surface area contributed by atoms with E-state index in [1.807, 2.05) is 6.08 Å². The highest BCUT2D eigenvalue weighted by Crippen LogP contribution is 2.30. The monoisotopic (exact) mass is 319 g/mol. The van der Waals surface area contributed by atoms with E-state index < -0.39 is 11.7 Å². The Balaban J connectivity index is 1.85. The minimum Gasteiger partial charge on any atom is -0.323 e. The molecule has 8 heteroatoms. The molecule has 23 heavy (non-hydrogen) atoms. The Morgan fingerprint density at radius 3 is 2.52 bits per heavy atom. The first-order valence-corrected chi connectivity index (χ1v) is 6.83. The summed E-state index contributed by atoms with van der Waals surface area (Å²) < 4.78 is 37.7. The number of allylic oxidation sites excluding steroid dienone is 1. The molecule has 0 unspecified atom stereocenters. The smallest absolute Gasteiger partial charge is 0.323 e. The summed E-state index contributed by atoms with van der Waals surface area (Å²) in [6.45, 7) is 0.573. The SMILES string of the molecule is FC(F)(F)c1ccc(Nc2nccnc2C2=CCN=CC2)nc1. The van der Waals surface area contributed by atoms with Crippen molar-refractivity contribution in [3.05, 3.63) is 48.1 Å². The molecule has 1 aliphatic rings. The number of alkyl halides is 3. The van der Waals surface area contributed by atoms with Crippen molar-refractivity contribution in [1.82, 2.24) is 15.0 Å². The Labute approximate surface area is 130 Å². The van der Waals surface area contributed by atoms with Crippen molar-refractivity contribution in [3.63, 3.8) is 0 Å². The average molecular weight is 319 g/mol. The van der Waals surface area contributed by atoms with Crippen LogP contribution in [0.4, 0.5) is 24.8 Å². The van der Waals surface area contributed by atoms with Crippen LogP contribution in [0.25, 0.3) is 5.57 Å². The molecule has 0 aromatic carbocycles. The molecular weight excluding hydrogens is 307 g/mol. The molecule has 0 aliphatic carbocycles. The quantitative estimate of drug-likeness (QED) is 0.940. The van der Waals surface area contributed by atoms with Crippen molar-refractivity contribution in [2.45, 2.75) is 12.6 Å². The molecule has 1 aliphatic heterocycles. The number of nitrogens with one attached hydrogen (secondary N) is 1. The van der Waals surface area contributed by atoms with Crippen molar-refractivity contribution in [3.8, 4) is 0 Å². The van der Waals surface area contributed by atoms with E-state index in [0.717, 1.165) is 17.8 Å². The van der Waals surface area contributed by atoms with Crippen molar-refractivity contribution in [2.75, 3.05) is 11.9 Å². The van der Waals surface area contributed by atoms with Crippen LogP contribution in [-0.2, 0) is 6.18 Å². The van der Waals surface area contributed by atoms with Crippen LogP contribution in [0.1, 0.15) is 17.7 Å². The number of pyridine rings is 1. The van der Waals surface area contributed by atoms with Gasteiger partial charge in [0.15, 0.2) is 5.82 Å². The lowest BCUT2D eigenvalue weighted by molar-refractivity contribution is -0.137. The predicted molar refractivity (Wildman–Crippen MR) is 80.5 cm³/mol. The lowest BCUT2D eigenvalue weighted by atomic mass is 10.1. The first kappa shape index (κ1) is 15.1. The maximum Gasteiger partial charge on any atom is 0.417 e. The number of hydrogen-bond donors (Lipinski definition) is 1. The van der Waals surface area contributed by atoms with E-state index >= 15 is 0 Å². The van der Waals surface area contributed by atoms with Crippen LogP contribution in [0.3, 0.4) is 0 Å². The summed E-state index contributed by atoms with van der Waals surface area (Å²) in [5.41, 5.74) is 0.802. The molecule has 0 fully saturated rings. The summed E-state index contributed by atoms with van der Waals surface area (Å²) in [5.74, 6) is 0.714. The fourth-order valence-electron chi connectivity index (χ4n) is 2.10. The standard InChI is InChI=1S/C15H12F3N5/c16-15(17,18)11-1-2-12(22-9-11)23-14-13(20-7-8-21-14)10-3-5-19-6-4-10/h1-3,6-9H,4-5H2,(H,21,22,23). The second-order valence-electron chi connectivity index (χ2n) is 4.79. The van der Waals surface area contributed by atoms with Gasteiger partial charge in [-0.25, -0.2) is 9.97 Å². The zero-order valence-electron chi connectivity index (χ0n) is 11.9. The highest BCUT2D eigenvalue weighted by Gasteiger charge is 2.30. The van der Waals surface area contributed by atoms with Gasteiger partial charge in [-0.1, -0.05) is 6.08 Å². The van der Waals surface area contributed by atoms with Gasteiger partial charge in [-0.15, -0.1) is 0 Å². The fourth-order valence-corrected chi connectivity index (χ4v) is 2.10. The number of halogens is 3. The van der Waals surface area contributed by atoms with Crippen LogP contribution in [-0.4, -0.2) is 27.7 Å².